The van der Waals surface area contributed by atoms with Gasteiger partial charge in [0.1, 0.15) is 23.0 Å². The van der Waals surface area contributed by atoms with Gasteiger partial charge in [-0.2, -0.15) is 13.2 Å². The first-order valence-electron chi connectivity index (χ1n) is 12.2. The molecule has 2 aromatic heterocycles. The number of carbonyl (C=O) groups is 2. The van der Waals surface area contributed by atoms with Gasteiger partial charge < -0.3 is 10.4 Å². The second kappa shape index (κ2) is 10.8. The molecule has 0 radical (unpaired) electrons. The molecule has 5 rings (SSSR count). The summed E-state index contributed by atoms with van der Waals surface area (Å²) >= 11 is 0. The van der Waals surface area contributed by atoms with Gasteiger partial charge in [0.15, 0.2) is 0 Å². The maximum Gasteiger partial charge on any atom is 0.416 e. The van der Waals surface area contributed by atoms with E-state index in [4.69, 9.17) is 5.11 Å². The van der Waals surface area contributed by atoms with Gasteiger partial charge in [0.25, 0.3) is 5.91 Å². The van der Waals surface area contributed by atoms with Crippen LogP contribution in [0.4, 0.5) is 22.0 Å². The van der Waals surface area contributed by atoms with Crippen molar-refractivity contribution in [3.63, 3.8) is 0 Å². The lowest BCUT2D eigenvalue weighted by Crippen LogP contribution is -2.25. The minimum Gasteiger partial charge on any atom is -0.478 e. The van der Waals surface area contributed by atoms with E-state index < -0.39 is 35.3 Å². The summed E-state index contributed by atoms with van der Waals surface area (Å²) in [4.78, 5) is 28.9. The molecule has 0 atom stereocenters. The number of pyridine rings is 1. The molecule has 0 saturated heterocycles. The Balaban J connectivity index is 1.53. The van der Waals surface area contributed by atoms with Crippen LogP contribution in [0, 0.1) is 11.6 Å². The predicted octanol–water partition coefficient (Wildman–Crippen LogP) is 6.52. The fraction of sp³-hybridized carbons (Fsp3) is 0.100. The van der Waals surface area contributed by atoms with E-state index in [1.54, 1.807) is 12.1 Å². The zero-order valence-electron chi connectivity index (χ0n) is 21.0. The molecule has 0 aliphatic heterocycles. The summed E-state index contributed by atoms with van der Waals surface area (Å²) in [7, 11) is 0. The predicted molar refractivity (Wildman–Crippen MR) is 139 cm³/mol. The van der Waals surface area contributed by atoms with Crippen molar-refractivity contribution in [3.05, 3.63) is 130 Å². The molecule has 2 N–H and O–H groups in total. The molecule has 6 nitrogen and oxygen atoms in total. The first kappa shape index (κ1) is 27.5. The van der Waals surface area contributed by atoms with E-state index in [2.05, 4.69) is 10.3 Å². The van der Waals surface area contributed by atoms with Crippen LogP contribution in [0.15, 0.2) is 85.1 Å². The van der Waals surface area contributed by atoms with Gasteiger partial charge in [-0.15, -0.1) is 0 Å². The van der Waals surface area contributed by atoms with E-state index in [-0.39, 0.29) is 41.0 Å². The number of aromatic nitrogens is 2. The number of nitrogens with zero attached hydrogens (tertiary/aromatic N) is 2. The minimum absolute atomic E-state index is 0.0295. The summed E-state index contributed by atoms with van der Waals surface area (Å²) < 4.78 is 69.1. The number of hydrogen-bond acceptors (Lipinski definition) is 3. The summed E-state index contributed by atoms with van der Waals surface area (Å²) in [6, 6.07) is 16.3. The number of amides is 1. The Kier molecular flexibility index (Phi) is 7.27. The van der Waals surface area contributed by atoms with Crippen molar-refractivity contribution in [1.29, 1.82) is 0 Å². The van der Waals surface area contributed by atoms with Gasteiger partial charge in [0.05, 0.1) is 11.1 Å². The third kappa shape index (κ3) is 5.93. The lowest BCUT2D eigenvalue weighted by molar-refractivity contribution is -0.137. The summed E-state index contributed by atoms with van der Waals surface area (Å²) in [5.41, 5.74) is 1.28. The average molecular weight is 565 g/mol. The molecule has 0 aliphatic rings. The third-order valence-corrected chi connectivity index (χ3v) is 6.47. The number of imidazole rings is 1. The monoisotopic (exact) mass is 565 g/mol. The van der Waals surface area contributed by atoms with Gasteiger partial charge >= 0.3 is 12.1 Å². The van der Waals surface area contributed by atoms with Gasteiger partial charge in [0.2, 0.25) is 0 Å². The first-order chi connectivity index (χ1) is 19.5. The number of benzene rings is 3. The lowest BCUT2D eigenvalue weighted by Gasteiger charge is -2.13. The fourth-order valence-corrected chi connectivity index (χ4v) is 4.40. The van der Waals surface area contributed by atoms with Crippen LogP contribution in [0.2, 0.25) is 0 Å². The highest BCUT2D eigenvalue weighted by Crippen LogP contribution is 2.30. The molecule has 0 aliphatic carbocycles. The smallest absolute Gasteiger partial charge is 0.416 e. The molecule has 0 fully saturated rings. The van der Waals surface area contributed by atoms with Crippen LogP contribution in [0.1, 0.15) is 43.2 Å². The zero-order valence-corrected chi connectivity index (χ0v) is 21.0. The van der Waals surface area contributed by atoms with Gasteiger partial charge in [-0.1, -0.05) is 24.3 Å². The molecule has 1 amide bonds. The van der Waals surface area contributed by atoms with Crippen LogP contribution in [0.25, 0.3) is 16.8 Å². The maximum atomic E-state index is 14.6. The highest BCUT2D eigenvalue weighted by atomic mass is 19.4. The average Bonchev–Trinajstić information content (AvgIpc) is 3.35. The SMILES string of the molecule is O=C(O)c1ccc(CNC(=O)c2cc(-c3cc(F)ccc3F)cc3ncc(Cc4ccc(C(F)(F)F)cc4)n23)cc1. The number of alkyl halides is 3. The van der Waals surface area contributed by atoms with Crippen LogP contribution in [0.5, 0.6) is 0 Å². The third-order valence-electron chi connectivity index (χ3n) is 6.47. The van der Waals surface area contributed by atoms with Gasteiger partial charge in [-0.25, -0.2) is 18.6 Å². The topological polar surface area (TPSA) is 83.7 Å². The molecular formula is C30H20F5N3O3. The van der Waals surface area contributed by atoms with Crippen molar-refractivity contribution in [1.82, 2.24) is 14.7 Å². The van der Waals surface area contributed by atoms with Crippen LogP contribution in [-0.2, 0) is 19.1 Å². The molecule has 208 valence electrons. The van der Waals surface area contributed by atoms with E-state index >= 15 is 0 Å². The lowest BCUT2D eigenvalue weighted by atomic mass is 10.0. The summed E-state index contributed by atoms with van der Waals surface area (Å²) in [5, 5.41) is 11.8. The van der Waals surface area contributed by atoms with Crippen LogP contribution in [-0.4, -0.2) is 26.4 Å². The molecule has 3 aromatic carbocycles. The number of carboxylic acids is 1. The molecule has 0 bridgehead atoms. The largest absolute Gasteiger partial charge is 0.478 e. The van der Waals surface area contributed by atoms with Crippen LogP contribution < -0.4 is 5.32 Å². The Bertz CT molecular complexity index is 1760. The standard InChI is InChI=1S/C30H20F5N3O3/c31-22-9-10-25(32)24(14-22)20-12-26(28(39)37-15-18-1-5-19(6-2-18)29(40)41)38-23(16-36-27(38)13-20)11-17-3-7-21(8-4-17)30(33,34)35/h1-10,12-14,16H,11,15H2,(H,37,39)(H,40,41). The number of aromatic carboxylic acids is 1. The van der Waals surface area contributed by atoms with Crippen molar-refractivity contribution in [3.8, 4) is 11.1 Å². The van der Waals surface area contributed by atoms with Crippen molar-refractivity contribution in [2.75, 3.05) is 0 Å². The molecule has 5 aromatic rings. The van der Waals surface area contributed by atoms with Crippen molar-refractivity contribution >= 4 is 17.5 Å². The highest BCUT2D eigenvalue weighted by molar-refractivity contribution is 5.95. The van der Waals surface area contributed by atoms with E-state index in [1.807, 2.05) is 0 Å². The van der Waals surface area contributed by atoms with E-state index in [0.29, 0.717) is 16.8 Å². The Morgan fingerprint density at radius 3 is 2.22 bits per heavy atom. The summed E-state index contributed by atoms with van der Waals surface area (Å²) in [6.45, 7) is 0.0295. The quantitative estimate of drug-likeness (QED) is 0.220. The number of halogens is 5. The Labute approximate surface area is 229 Å². The van der Waals surface area contributed by atoms with Crippen molar-refractivity contribution in [2.45, 2.75) is 19.1 Å². The Morgan fingerprint density at radius 1 is 0.878 bits per heavy atom. The molecule has 41 heavy (non-hydrogen) atoms. The Hall–Kier alpha value is -5.06. The second-order valence-corrected chi connectivity index (χ2v) is 9.25. The second-order valence-electron chi connectivity index (χ2n) is 9.25. The normalized spacial score (nSPS) is 11.5. The van der Waals surface area contributed by atoms with Gasteiger partial charge in [-0.05, 0) is 71.3 Å². The number of carboxylic acid groups (broad SMARTS) is 1. The van der Waals surface area contributed by atoms with E-state index in [0.717, 1.165) is 30.3 Å². The Morgan fingerprint density at radius 2 is 1.56 bits per heavy atom. The van der Waals surface area contributed by atoms with Gasteiger partial charge in [0, 0.05) is 30.4 Å². The number of hydrogen-bond donors (Lipinski definition) is 2. The van der Waals surface area contributed by atoms with Crippen LogP contribution >= 0.6 is 0 Å². The maximum absolute atomic E-state index is 14.6. The number of fused-ring (bicyclic) bond motifs is 1. The highest BCUT2D eigenvalue weighted by Gasteiger charge is 2.30. The summed E-state index contributed by atoms with van der Waals surface area (Å²) in [6.07, 6.45) is -2.90. The van der Waals surface area contributed by atoms with Crippen molar-refractivity contribution in [2.24, 2.45) is 0 Å². The molecule has 0 saturated carbocycles. The molecule has 11 heteroatoms. The minimum atomic E-state index is -4.48. The summed E-state index contributed by atoms with van der Waals surface area (Å²) in [5.74, 6) is -3.08. The van der Waals surface area contributed by atoms with Crippen LogP contribution in [0.3, 0.4) is 0 Å². The number of nitrogens with one attached hydrogen (secondary N) is 1. The number of rotatable bonds is 7. The number of carbonyl (C=O) groups excluding carboxylic acids is 1. The van der Waals surface area contributed by atoms with Gasteiger partial charge in [-0.3, -0.25) is 9.20 Å². The first-order valence-corrected chi connectivity index (χ1v) is 12.2. The molecule has 2 heterocycles. The molecule has 0 unspecified atom stereocenters. The molecule has 0 spiro atoms. The fourth-order valence-electron chi connectivity index (χ4n) is 4.40. The van der Waals surface area contributed by atoms with E-state index in [9.17, 15) is 31.5 Å². The van der Waals surface area contributed by atoms with Crippen molar-refractivity contribution < 1.29 is 36.6 Å². The zero-order chi connectivity index (χ0) is 29.3. The molecular weight excluding hydrogens is 545 g/mol. The van der Waals surface area contributed by atoms with E-state index in [1.165, 1.54) is 47.0 Å².